The highest BCUT2D eigenvalue weighted by atomic mass is 32.1. The first-order chi connectivity index (χ1) is 9.69. The first kappa shape index (κ1) is 13.6. The lowest BCUT2D eigenvalue weighted by Gasteiger charge is -2.18. The second-order valence-electron chi connectivity index (χ2n) is 5.34. The molecule has 0 saturated carbocycles. The molecule has 0 bridgehead atoms. The van der Waals surface area contributed by atoms with Gasteiger partial charge in [-0.1, -0.05) is 19.1 Å². The average Bonchev–Trinajstić information content (AvgIpc) is 3.07. The summed E-state index contributed by atoms with van der Waals surface area (Å²) in [6.07, 6.45) is 5.02. The number of nitrogens with zero attached hydrogens (tertiary/aromatic N) is 1. The fraction of sp³-hybridized carbons (Fsp3) is 0.438. The minimum absolute atomic E-state index is 0.249. The van der Waals surface area contributed by atoms with Gasteiger partial charge in [-0.05, 0) is 43.4 Å². The van der Waals surface area contributed by atoms with Crippen LogP contribution in [0.1, 0.15) is 53.4 Å². The van der Waals surface area contributed by atoms with Crippen LogP contribution in [-0.4, -0.2) is 10.1 Å². The van der Waals surface area contributed by atoms with Gasteiger partial charge in [-0.25, -0.2) is 4.98 Å². The molecule has 0 radical (unpaired) electrons. The maximum Gasteiger partial charge on any atom is 0.119 e. The molecule has 2 N–H and O–H groups in total. The van der Waals surface area contributed by atoms with Gasteiger partial charge >= 0.3 is 0 Å². The predicted molar refractivity (Wildman–Crippen MR) is 82.2 cm³/mol. The third-order valence-corrected chi connectivity index (χ3v) is 5.31. The lowest BCUT2D eigenvalue weighted by molar-refractivity contribution is 0.464. The summed E-state index contributed by atoms with van der Waals surface area (Å²) in [4.78, 5) is 5.84. The van der Waals surface area contributed by atoms with Crippen LogP contribution in [-0.2, 0) is 12.8 Å². The van der Waals surface area contributed by atoms with E-state index in [4.69, 9.17) is 0 Å². The fourth-order valence-corrected chi connectivity index (χ4v) is 3.74. The van der Waals surface area contributed by atoms with Gasteiger partial charge in [0.2, 0.25) is 0 Å². The van der Waals surface area contributed by atoms with Crippen LogP contribution in [0.25, 0.3) is 0 Å². The molecule has 3 nitrogen and oxygen atoms in total. The third kappa shape index (κ3) is 2.45. The van der Waals surface area contributed by atoms with Gasteiger partial charge in [0.15, 0.2) is 0 Å². The lowest BCUT2D eigenvalue weighted by Crippen LogP contribution is -2.22. The minimum Gasteiger partial charge on any atom is -0.508 e. The quantitative estimate of drug-likeness (QED) is 0.900. The number of phenolic OH excluding ortho intramolecular Hbond substituents is 1. The van der Waals surface area contributed by atoms with Crippen molar-refractivity contribution in [2.24, 2.45) is 0 Å². The Bertz CT molecular complexity index is 608. The van der Waals surface area contributed by atoms with E-state index < -0.39 is 0 Å². The molecule has 0 amide bonds. The van der Waals surface area contributed by atoms with Crippen LogP contribution < -0.4 is 5.32 Å². The van der Waals surface area contributed by atoms with Gasteiger partial charge in [0.05, 0.1) is 6.04 Å². The molecule has 20 heavy (non-hydrogen) atoms. The minimum atomic E-state index is 0.249. The van der Waals surface area contributed by atoms with Crippen molar-refractivity contribution in [3.05, 3.63) is 45.4 Å². The highest BCUT2D eigenvalue weighted by molar-refractivity contribution is 7.11. The Kier molecular flexibility index (Phi) is 3.76. The molecule has 1 aliphatic rings. The van der Waals surface area contributed by atoms with Crippen molar-refractivity contribution in [2.45, 2.75) is 45.2 Å². The monoisotopic (exact) mass is 288 g/mol. The van der Waals surface area contributed by atoms with E-state index in [1.54, 1.807) is 17.4 Å². The Hall–Kier alpha value is -1.39. The van der Waals surface area contributed by atoms with Crippen molar-refractivity contribution in [3.8, 4) is 5.75 Å². The molecule has 4 heteroatoms. The van der Waals surface area contributed by atoms with Gasteiger partial charge in [0.1, 0.15) is 10.8 Å². The number of phenols is 1. The lowest BCUT2D eigenvalue weighted by atomic mass is 10.1. The highest BCUT2D eigenvalue weighted by Gasteiger charge is 2.26. The molecule has 0 spiro atoms. The second-order valence-corrected chi connectivity index (χ2v) is 6.49. The predicted octanol–water partition coefficient (Wildman–Crippen LogP) is 3.75. The maximum atomic E-state index is 9.90. The van der Waals surface area contributed by atoms with Gasteiger partial charge in [0, 0.05) is 17.1 Å². The SMILES string of the molecule is CCc1cnc(C(C)NC2CCc3c(O)cccc32)s1. The summed E-state index contributed by atoms with van der Waals surface area (Å²) >= 11 is 1.79. The number of aromatic nitrogens is 1. The Labute approximate surface area is 123 Å². The normalized spacial score (nSPS) is 19.0. The summed E-state index contributed by atoms with van der Waals surface area (Å²) in [5, 5.41) is 14.7. The van der Waals surface area contributed by atoms with Crippen molar-refractivity contribution in [1.82, 2.24) is 10.3 Å². The van der Waals surface area contributed by atoms with Crippen LogP contribution in [0.3, 0.4) is 0 Å². The van der Waals surface area contributed by atoms with Crippen molar-refractivity contribution in [1.29, 1.82) is 0 Å². The molecule has 1 aromatic heterocycles. The van der Waals surface area contributed by atoms with Gasteiger partial charge in [-0.3, -0.25) is 0 Å². The molecule has 106 valence electrons. The maximum absolute atomic E-state index is 9.90. The summed E-state index contributed by atoms with van der Waals surface area (Å²) < 4.78 is 0. The number of aromatic hydroxyl groups is 1. The number of rotatable bonds is 4. The summed E-state index contributed by atoms with van der Waals surface area (Å²) in [6.45, 7) is 4.32. The largest absolute Gasteiger partial charge is 0.508 e. The summed E-state index contributed by atoms with van der Waals surface area (Å²) in [5.41, 5.74) is 2.34. The number of nitrogens with one attached hydrogen (secondary N) is 1. The Morgan fingerprint density at radius 2 is 2.35 bits per heavy atom. The fourth-order valence-electron chi connectivity index (χ4n) is 2.87. The van der Waals surface area contributed by atoms with Crippen LogP contribution >= 0.6 is 11.3 Å². The van der Waals surface area contributed by atoms with Crippen molar-refractivity contribution in [3.63, 3.8) is 0 Å². The molecule has 2 atom stereocenters. The van der Waals surface area contributed by atoms with Crippen molar-refractivity contribution >= 4 is 11.3 Å². The molecule has 0 aliphatic heterocycles. The molecule has 1 aliphatic carbocycles. The zero-order valence-electron chi connectivity index (χ0n) is 11.9. The van der Waals surface area contributed by atoms with Gasteiger partial charge < -0.3 is 10.4 Å². The third-order valence-electron chi connectivity index (χ3n) is 3.99. The van der Waals surface area contributed by atoms with Crippen LogP contribution in [0, 0.1) is 0 Å². The van der Waals surface area contributed by atoms with E-state index in [1.807, 2.05) is 12.3 Å². The molecule has 0 saturated heterocycles. The molecule has 0 fully saturated rings. The van der Waals surface area contributed by atoms with E-state index in [-0.39, 0.29) is 6.04 Å². The number of aryl methyl sites for hydroxylation is 1. The number of benzene rings is 1. The smallest absolute Gasteiger partial charge is 0.119 e. The van der Waals surface area contributed by atoms with Crippen LogP contribution in [0.5, 0.6) is 5.75 Å². The summed E-state index contributed by atoms with van der Waals surface area (Å²) in [5.74, 6) is 0.432. The number of hydrogen-bond acceptors (Lipinski definition) is 4. The molecule has 2 unspecified atom stereocenters. The second kappa shape index (κ2) is 5.54. The van der Waals surface area contributed by atoms with E-state index in [0.29, 0.717) is 11.8 Å². The Morgan fingerprint density at radius 3 is 3.10 bits per heavy atom. The number of thiazole rings is 1. The van der Waals surface area contributed by atoms with Crippen molar-refractivity contribution in [2.75, 3.05) is 0 Å². The Morgan fingerprint density at radius 1 is 1.50 bits per heavy atom. The topological polar surface area (TPSA) is 45.2 Å². The van der Waals surface area contributed by atoms with E-state index in [9.17, 15) is 5.11 Å². The van der Waals surface area contributed by atoms with Crippen molar-refractivity contribution < 1.29 is 5.11 Å². The Balaban J connectivity index is 1.75. The number of hydrogen-bond donors (Lipinski definition) is 2. The summed E-state index contributed by atoms with van der Waals surface area (Å²) in [7, 11) is 0. The van der Waals surface area contributed by atoms with E-state index in [1.165, 1.54) is 10.4 Å². The highest BCUT2D eigenvalue weighted by Crippen LogP contribution is 2.37. The van der Waals surface area contributed by atoms with Crippen LogP contribution in [0.15, 0.2) is 24.4 Å². The van der Waals surface area contributed by atoms with E-state index in [0.717, 1.165) is 29.8 Å². The van der Waals surface area contributed by atoms with Gasteiger partial charge in [0.25, 0.3) is 0 Å². The average molecular weight is 288 g/mol. The number of fused-ring (bicyclic) bond motifs is 1. The zero-order chi connectivity index (χ0) is 14.1. The molecular formula is C16H20N2OS. The van der Waals surface area contributed by atoms with E-state index in [2.05, 4.69) is 30.2 Å². The molecule has 1 heterocycles. The molecule has 1 aromatic carbocycles. The standard InChI is InChI=1S/C16H20N2OS/c1-3-11-9-17-16(20-11)10(2)18-14-8-7-13-12(14)5-4-6-15(13)19/h4-6,9-10,14,18-19H,3,7-8H2,1-2H3. The first-order valence-corrected chi connectivity index (χ1v) is 8.02. The van der Waals surface area contributed by atoms with Crippen LogP contribution in [0.2, 0.25) is 0 Å². The van der Waals surface area contributed by atoms with E-state index >= 15 is 0 Å². The summed E-state index contributed by atoms with van der Waals surface area (Å²) in [6, 6.07) is 6.39. The molecule has 3 rings (SSSR count). The van der Waals surface area contributed by atoms with Gasteiger partial charge in [-0.2, -0.15) is 0 Å². The molecule has 2 aromatic rings. The first-order valence-electron chi connectivity index (χ1n) is 7.20. The zero-order valence-corrected chi connectivity index (χ0v) is 12.7. The van der Waals surface area contributed by atoms with Crippen LogP contribution in [0.4, 0.5) is 0 Å². The molecular weight excluding hydrogens is 268 g/mol. The van der Waals surface area contributed by atoms with Gasteiger partial charge in [-0.15, -0.1) is 11.3 Å².